The summed E-state index contributed by atoms with van der Waals surface area (Å²) in [5.74, 6) is -5.07. The van der Waals surface area contributed by atoms with Gasteiger partial charge < -0.3 is 25.8 Å². The quantitative estimate of drug-likeness (QED) is 0.122. The number of sulfone groups is 1. The van der Waals surface area contributed by atoms with Crippen LogP contribution in [0, 0.1) is 5.82 Å². The molecule has 5 rings (SSSR count). The number of pyridine rings is 1. The van der Waals surface area contributed by atoms with Crippen molar-refractivity contribution >= 4 is 44.0 Å². The van der Waals surface area contributed by atoms with E-state index in [4.69, 9.17) is 15.2 Å². The van der Waals surface area contributed by atoms with Crippen LogP contribution in [0.3, 0.4) is 0 Å². The molecule has 1 unspecified atom stereocenters. The number of nitrogen functional groups attached to an aromatic ring is 1. The number of nitrogens with zero attached hydrogens (tertiary/aromatic N) is 1. The molecule has 1 saturated carbocycles. The van der Waals surface area contributed by atoms with E-state index in [0.717, 1.165) is 18.6 Å². The van der Waals surface area contributed by atoms with Crippen LogP contribution in [-0.4, -0.2) is 43.8 Å². The number of carbonyl (C=O) groups is 2. The summed E-state index contributed by atoms with van der Waals surface area (Å²) >= 11 is 0. The van der Waals surface area contributed by atoms with Gasteiger partial charge in [0.05, 0.1) is 22.6 Å². The topological polar surface area (TPSA) is 150 Å². The Labute approximate surface area is 260 Å². The average Bonchev–Trinajstić information content (AvgIpc) is 2.97. The summed E-state index contributed by atoms with van der Waals surface area (Å²) in [4.78, 5) is 30.3. The number of hydrogen-bond donors (Lipinski definition) is 3. The van der Waals surface area contributed by atoms with Gasteiger partial charge in [0.25, 0.3) is 11.6 Å². The summed E-state index contributed by atoms with van der Waals surface area (Å²) < 4.78 is 93.0. The van der Waals surface area contributed by atoms with Gasteiger partial charge in [-0.2, -0.15) is 13.2 Å². The summed E-state index contributed by atoms with van der Waals surface area (Å²) in [6, 6.07) is 14.5. The fourth-order valence-electron chi connectivity index (χ4n) is 5.09. The Kier molecular flexibility index (Phi) is 8.80. The van der Waals surface area contributed by atoms with Crippen LogP contribution in [0.25, 0.3) is 10.8 Å². The number of benzene rings is 3. The van der Waals surface area contributed by atoms with Crippen LogP contribution >= 0.6 is 0 Å². The largest absolute Gasteiger partial charge is 0.497 e. The minimum absolute atomic E-state index is 0.0463. The molecule has 4 N–H and O–H groups in total. The Morgan fingerprint density at radius 2 is 1.78 bits per heavy atom. The lowest BCUT2D eigenvalue weighted by Crippen LogP contribution is -2.54. The molecule has 0 bridgehead atoms. The van der Waals surface area contributed by atoms with Gasteiger partial charge >= 0.3 is 12.1 Å². The number of alkyl halides is 3. The molecule has 242 valence electrons. The number of nitrogens with two attached hydrogens (primary N) is 1. The Morgan fingerprint density at radius 1 is 1.04 bits per heavy atom. The first-order valence-electron chi connectivity index (χ1n) is 13.9. The van der Waals surface area contributed by atoms with E-state index in [1.54, 1.807) is 0 Å². The van der Waals surface area contributed by atoms with Gasteiger partial charge in [-0.15, -0.1) is 0 Å². The second-order valence-electron chi connectivity index (χ2n) is 10.6. The predicted octanol–water partition coefficient (Wildman–Crippen LogP) is 4.98. The number of anilines is 2. The first-order chi connectivity index (χ1) is 21.8. The highest BCUT2D eigenvalue weighted by Crippen LogP contribution is 2.37. The first kappa shape index (κ1) is 32.5. The van der Waals surface area contributed by atoms with Gasteiger partial charge in [0, 0.05) is 24.0 Å². The standard InChI is InChI=1S/C31H28F4N4O6S/c1-44-22-8-4-7-20(15-22)30(45-29(41)31(33,34)35,39-21-14-18-12-13-37-27(36)26(18)24(32)16-21)28(40)38-17-19-6-2-3-11-25(19)46(42,43)23-9-5-10-23/h2-4,6-8,11-16,23,39H,5,9-10,17H2,1H3,(H2,36,37)(H,38,40). The van der Waals surface area contributed by atoms with E-state index < -0.39 is 51.2 Å². The Morgan fingerprint density at radius 3 is 2.46 bits per heavy atom. The third-order valence-corrected chi connectivity index (χ3v) is 10.0. The number of halogens is 4. The molecule has 4 aromatic rings. The van der Waals surface area contributed by atoms with Crippen LogP contribution in [0.4, 0.5) is 29.1 Å². The number of fused-ring (bicyclic) bond motifs is 1. The average molecular weight is 661 g/mol. The summed E-state index contributed by atoms with van der Waals surface area (Å²) in [5.41, 5.74) is 2.38. The predicted molar refractivity (Wildman–Crippen MR) is 160 cm³/mol. The molecular formula is C31H28F4N4O6S. The molecule has 1 aliphatic carbocycles. The Bertz CT molecular complexity index is 1920. The maximum Gasteiger partial charge on any atom is 0.491 e. The van der Waals surface area contributed by atoms with E-state index in [0.29, 0.717) is 12.8 Å². The lowest BCUT2D eigenvalue weighted by Gasteiger charge is -2.34. The van der Waals surface area contributed by atoms with Crippen LogP contribution in [0.5, 0.6) is 5.75 Å². The highest BCUT2D eigenvalue weighted by atomic mass is 32.2. The van der Waals surface area contributed by atoms with E-state index >= 15 is 4.39 Å². The van der Waals surface area contributed by atoms with Gasteiger partial charge in [-0.3, -0.25) is 4.79 Å². The van der Waals surface area contributed by atoms with Crippen molar-refractivity contribution in [1.82, 2.24) is 10.3 Å². The van der Waals surface area contributed by atoms with Gasteiger partial charge in [-0.25, -0.2) is 22.6 Å². The smallest absolute Gasteiger partial charge is 0.491 e. The molecule has 0 radical (unpaired) electrons. The molecule has 15 heteroatoms. The zero-order chi connectivity index (χ0) is 33.3. The fourth-order valence-corrected chi connectivity index (χ4v) is 7.17. The Balaban J connectivity index is 1.62. The highest BCUT2D eigenvalue weighted by Gasteiger charge is 2.52. The van der Waals surface area contributed by atoms with Crippen molar-refractivity contribution in [3.8, 4) is 5.75 Å². The Hall–Kier alpha value is -4.92. The van der Waals surface area contributed by atoms with Crippen molar-refractivity contribution in [1.29, 1.82) is 0 Å². The van der Waals surface area contributed by atoms with E-state index in [1.807, 2.05) is 0 Å². The maximum atomic E-state index is 15.3. The van der Waals surface area contributed by atoms with Crippen molar-refractivity contribution in [3.05, 3.63) is 89.9 Å². The first-order valence-corrected chi connectivity index (χ1v) is 15.5. The van der Waals surface area contributed by atoms with Crippen molar-refractivity contribution in [3.63, 3.8) is 0 Å². The number of esters is 1. The minimum Gasteiger partial charge on any atom is -0.497 e. The van der Waals surface area contributed by atoms with Gasteiger partial charge in [0.15, 0.2) is 9.84 Å². The molecule has 1 aromatic heterocycles. The summed E-state index contributed by atoms with van der Waals surface area (Å²) in [6.07, 6.45) is -2.57. The SMILES string of the molecule is COc1cccc(C(Nc2cc(F)c3c(N)nccc3c2)(OC(=O)C(F)(F)F)C(=O)NCc2ccccc2S(=O)(=O)C2CCC2)c1. The van der Waals surface area contributed by atoms with Gasteiger partial charge in [-0.1, -0.05) is 36.8 Å². The third-order valence-electron chi connectivity index (χ3n) is 7.65. The molecule has 1 amide bonds. The molecule has 3 aromatic carbocycles. The molecule has 46 heavy (non-hydrogen) atoms. The second kappa shape index (κ2) is 12.5. The highest BCUT2D eigenvalue weighted by molar-refractivity contribution is 7.92. The van der Waals surface area contributed by atoms with E-state index in [1.165, 1.54) is 67.9 Å². The molecule has 0 aliphatic heterocycles. The van der Waals surface area contributed by atoms with Crippen molar-refractivity contribution < 1.29 is 45.0 Å². The van der Waals surface area contributed by atoms with Crippen LogP contribution in [0.1, 0.15) is 30.4 Å². The molecule has 1 atom stereocenters. The number of amides is 1. The molecule has 0 saturated heterocycles. The number of aromatic nitrogens is 1. The zero-order valence-electron chi connectivity index (χ0n) is 24.2. The van der Waals surface area contributed by atoms with Crippen LogP contribution < -0.4 is 21.1 Å². The van der Waals surface area contributed by atoms with Crippen molar-refractivity contribution in [2.24, 2.45) is 0 Å². The van der Waals surface area contributed by atoms with Crippen LogP contribution in [0.2, 0.25) is 0 Å². The number of hydrogen-bond acceptors (Lipinski definition) is 9. The minimum atomic E-state index is -5.55. The third kappa shape index (κ3) is 6.27. The molecule has 1 heterocycles. The molecule has 1 aliphatic rings. The van der Waals surface area contributed by atoms with Gasteiger partial charge in [0.1, 0.15) is 17.4 Å². The van der Waals surface area contributed by atoms with Crippen molar-refractivity contribution in [2.75, 3.05) is 18.2 Å². The monoisotopic (exact) mass is 660 g/mol. The number of ether oxygens (including phenoxy) is 2. The molecule has 0 spiro atoms. The molecule has 10 nitrogen and oxygen atoms in total. The summed E-state index contributed by atoms with van der Waals surface area (Å²) in [7, 11) is -2.50. The lowest BCUT2D eigenvalue weighted by atomic mass is 9.99. The molecular weight excluding hydrogens is 632 g/mol. The van der Waals surface area contributed by atoms with E-state index in [2.05, 4.69) is 15.6 Å². The van der Waals surface area contributed by atoms with Crippen LogP contribution in [0.15, 0.2) is 77.8 Å². The fraction of sp³-hybridized carbons (Fsp3) is 0.258. The number of rotatable bonds is 10. The molecule has 1 fully saturated rings. The number of nitrogens with one attached hydrogen (secondary N) is 2. The number of methoxy groups -OCH3 is 1. The van der Waals surface area contributed by atoms with E-state index in [-0.39, 0.29) is 44.0 Å². The van der Waals surface area contributed by atoms with E-state index in [9.17, 15) is 31.2 Å². The second-order valence-corrected chi connectivity index (χ2v) is 12.8. The zero-order valence-corrected chi connectivity index (χ0v) is 25.0. The maximum absolute atomic E-state index is 15.3. The summed E-state index contributed by atoms with van der Waals surface area (Å²) in [5, 5.41) is 4.42. The van der Waals surface area contributed by atoms with Crippen molar-refractivity contribution in [2.45, 2.75) is 47.9 Å². The summed E-state index contributed by atoms with van der Waals surface area (Å²) in [6.45, 7) is -0.480. The van der Waals surface area contributed by atoms with Gasteiger partial charge in [0.2, 0.25) is 0 Å². The van der Waals surface area contributed by atoms with Crippen LogP contribution in [-0.2, 0) is 36.4 Å². The number of carbonyl (C=O) groups excluding carboxylic acids is 2. The normalized spacial score (nSPS) is 15.0. The lowest BCUT2D eigenvalue weighted by molar-refractivity contribution is -0.213. The van der Waals surface area contributed by atoms with Gasteiger partial charge in [-0.05, 0) is 60.2 Å².